The highest BCUT2D eigenvalue weighted by Crippen LogP contribution is 2.48. The van der Waals surface area contributed by atoms with E-state index in [0.29, 0.717) is 18.4 Å². The lowest BCUT2D eigenvalue weighted by Crippen LogP contribution is -2.31. The van der Waals surface area contributed by atoms with Gasteiger partial charge in [0.05, 0.1) is 6.61 Å². The fraction of sp³-hybridized carbons (Fsp3) is 0.562. The molecule has 0 heterocycles. The van der Waals surface area contributed by atoms with E-state index in [2.05, 4.69) is 38.1 Å². The van der Waals surface area contributed by atoms with E-state index >= 15 is 0 Å². The van der Waals surface area contributed by atoms with Gasteiger partial charge < -0.3 is 10.0 Å². The van der Waals surface area contributed by atoms with Gasteiger partial charge in [-0.2, -0.15) is 0 Å². The van der Waals surface area contributed by atoms with Crippen LogP contribution in [0.15, 0.2) is 24.3 Å². The Morgan fingerprint density at radius 3 is 2.53 bits per heavy atom. The van der Waals surface area contributed by atoms with Gasteiger partial charge in [-0.25, -0.2) is 0 Å². The molecule has 0 bridgehead atoms. The van der Waals surface area contributed by atoms with E-state index in [9.17, 15) is 4.79 Å². The lowest BCUT2D eigenvalue weighted by molar-refractivity contribution is -0.131. The maximum atomic E-state index is 12.1. The molecular formula is C16H23NO2. The van der Waals surface area contributed by atoms with E-state index in [1.807, 2.05) is 0 Å². The SMILES string of the molecule is CC(C)c1ccc(C2CC2C(=O)N(C)CCO)cc1. The van der Waals surface area contributed by atoms with Crippen molar-refractivity contribution in [1.82, 2.24) is 4.90 Å². The third-order valence-corrected chi connectivity index (χ3v) is 3.95. The molecule has 1 fully saturated rings. The Kier molecular flexibility index (Phi) is 4.25. The monoisotopic (exact) mass is 261 g/mol. The first-order valence-corrected chi connectivity index (χ1v) is 7.00. The highest BCUT2D eigenvalue weighted by molar-refractivity contribution is 5.82. The van der Waals surface area contributed by atoms with Crippen molar-refractivity contribution in [2.45, 2.75) is 32.1 Å². The second-order valence-corrected chi connectivity index (χ2v) is 5.75. The van der Waals surface area contributed by atoms with Gasteiger partial charge in [-0.15, -0.1) is 0 Å². The predicted octanol–water partition coefficient (Wildman–Crippen LogP) is 2.36. The molecule has 1 aromatic rings. The summed E-state index contributed by atoms with van der Waals surface area (Å²) in [6.07, 6.45) is 0.940. The van der Waals surface area contributed by atoms with Crippen LogP contribution in [0.5, 0.6) is 0 Å². The number of amides is 1. The highest BCUT2D eigenvalue weighted by atomic mass is 16.3. The standard InChI is InChI=1S/C16H23NO2/c1-11(2)12-4-6-13(7-5-12)14-10-15(14)16(19)17(3)8-9-18/h4-7,11,14-15,18H,8-10H2,1-3H3. The topological polar surface area (TPSA) is 40.5 Å². The van der Waals surface area contributed by atoms with E-state index in [1.54, 1.807) is 11.9 Å². The van der Waals surface area contributed by atoms with Gasteiger partial charge in [-0.1, -0.05) is 38.1 Å². The van der Waals surface area contributed by atoms with Crippen LogP contribution in [0, 0.1) is 5.92 Å². The number of nitrogens with zero attached hydrogens (tertiary/aromatic N) is 1. The van der Waals surface area contributed by atoms with Crippen LogP contribution >= 0.6 is 0 Å². The molecule has 0 saturated heterocycles. The number of aliphatic hydroxyl groups excluding tert-OH is 1. The quantitative estimate of drug-likeness (QED) is 0.884. The van der Waals surface area contributed by atoms with Crippen LogP contribution in [0.1, 0.15) is 43.2 Å². The second kappa shape index (κ2) is 5.74. The highest BCUT2D eigenvalue weighted by Gasteiger charge is 2.44. The first-order valence-electron chi connectivity index (χ1n) is 7.00. The van der Waals surface area contributed by atoms with Crippen molar-refractivity contribution >= 4 is 5.91 Å². The van der Waals surface area contributed by atoms with E-state index in [-0.39, 0.29) is 18.4 Å². The average molecular weight is 261 g/mol. The van der Waals surface area contributed by atoms with Gasteiger partial charge in [0, 0.05) is 19.5 Å². The van der Waals surface area contributed by atoms with Crippen LogP contribution in [0.4, 0.5) is 0 Å². The molecule has 1 aliphatic carbocycles. The first-order chi connectivity index (χ1) is 9.04. The van der Waals surface area contributed by atoms with Crippen LogP contribution in [-0.2, 0) is 4.79 Å². The molecule has 104 valence electrons. The summed E-state index contributed by atoms with van der Waals surface area (Å²) in [6.45, 7) is 4.82. The summed E-state index contributed by atoms with van der Waals surface area (Å²) in [4.78, 5) is 13.7. The third kappa shape index (κ3) is 3.16. The number of carbonyl (C=O) groups is 1. The molecule has 19 heavy (non-hydrogen) atoms. The molecule has 3 nitrogen and oxygen atoms in total. The number of hydrogen-bond donors (Lipinski definition) is 1. The van der Waals surface area contributed by atoms with Crippen molar-refractivity contribution in [2.24, 2.45) is 5.92 Å². The van der Waals surface area contributed by atoms with Crippen molar-refractivity contribution in [3.05, 3.63) is 35.4 Å². The summed E-state index contributed by atoms with van der Waals surface area (Å²) in [6, 6.07) is 8.63. The average Bonchev–Trinajstić information content (AvgIpc) is 3.18. The zero-order valence-corrected chi connectivity index (χ0v) is 12.0. The summed E-state index contributed by atoms with van der Waals surface area (Å²) >= 11 is 0. The predicted molar refractivity (Wildman–Crippen MR) is 76.1 cm³/mol. The molecule has 1 amide bonds. The van der Waals surface area contributed by atoms with Crippen molar-refractivity contribution in [2.75, 3.05) is 20.2 Å². The van der Waals surface area contributed by atoms with Crippen LogP contribution in [0.3, 0.4) is 0 Å². The van der Waals surface area contributed by atoms with Gasteiger partial charge in [0.15, 0.2) is 0 Å². The summed E-state index contributed by atoms with van der Waals surface area (Å²) in [5.74, 6) is 1.18. The normalized spacial score (nSPS) is 21.5. The minimum atomic E-state index is 0.0305. The lowest BCUT2D eigenvalue weighted by atomic mass is 10.00. The van der Waals surface area contributed by atoms with Gasteiger partial charge in [0.1, 0.15) is 0 Å². The minimum Gasteiger partial charge on any atom is -0.395 e. The lowest BCUT2D eigenvalue weighted by Gasteiger charge is -2.15. The van der Waals surface area contributed by atoms with Crippen molar-refractivity contribution in [3.8, 4) is 0 Å². The molecule has 0 aliphatic heterocycles. The summed E-state index contributed by atoms with van der Waals surface area (Å²) < 4.78 is 0. The Labute approximate surface area is 115 Å². The summed E-state index contributed by atoms with van der Waals surface area (Å²) in [5, 5.41) is 8.86. The number of likely N-dealkylation sites (N-methyl/N-ethyl adjacent to an activating group) is 1. The molecule has 0 spiro atoms. The Bertz CT molecular complexity index is 439. The van der Waals surface area contributed by atoms with Crippen molar-refractivity contribution in [3.63, 3.8) is 0 Å². The van der Waals surface area contributed by atoms with Gasteiger partial charge in [0.25, 0.3) is 0 Å². The van der Waals surface area contributed by atoms with E-state index in [0.717, 1.165) is 6.42 Å². The molecule has 1 aliphatic rings. The fourth-order valence-electron chi connectivity index (χ4n) is 2.51. The molecule has 3 heteroatoms. The molecule has 2 atom stereocenters. The zero-order valence-electron chi connectivity index (χ0n) is 12.0. The van der Waals surface area contributed by atoms with Gasteiger partial charge in [-0.3, -0.25) is 4.79 Å². The zero-order chi connectivity index (χ0) is 14.0. The maximum absolute atomic E-state index is 12.1. The Morgan fingerprint density at radius 2 is 2.00 bits per heavy atom. The van der Waals surface area contributed by atoms with Crippen LogP contribution in [0.25, 0.3) is 0 Å². The molecular weight excluding hydrogens is 238 g/mol. The first kappa shape index (κ1) is 14.1. The van der Waals surface area contributed by atoms with Crippen molar-refractivity contribution in [1.29, 1.82) is 0 Å². The molecule has 2 rings (SSSR count). The largest absolute Gasteiger partial charge is 0.395 e. The van der Waals surface area contributed by atoms with Crippen molar-refractivity contribution < 1.29 is 9.90 Å². The fourth-order valence-corrected chi connectivity index (χ4v) is 2.51. The van der Waals surface area contributed by atoms with Crippen LogP contribution < -0.4 is 0 Å². The maximum Gasteiger partial charge on any atom is 0.226 e. The molecule has 1 saturated carbocycles. The van der Waals surface area contributed by atoms with Gasteiger partial charge >= 0.3 is 0 Å². The smallest absolute Gasteiger partial charge is 0.226 e. The number of benzene rings is 1. The molecule has 0 radical (unpaired) electrons. The molecule has 1 N–H and O–H groups in total. The third-order valence-electron chi connectivity index (χ3n) is 3.95. The van der Waals surface area contributed by atoms with Crippen LogP contribution in [-0.4, -0.2) is 36.1 Å². The number of aliphatic hydroxyl groups is 1. The number of rotatable bonds is 5. The summed E-state index contributed by atoms with van der Waals surface area (Å²) in [7, 11) is 1.76. The van der Waals surface area contributed by atoms with Crippen LogP contribution in [0.2, 0.25) is 0 Å². The molecule has 2 unspecified atom stereocenters. The molecule has 1 aromatic carbocycles. The Hall–Kier alpha value is -1.35. The van der Waals surface area contributed by atoms with E-state index in [4.69, 9.17) is 5.11 Å². The van der Waals surface area contributed by atoms with E-state index in [1.165, 1.54) is 11.1 Å². The van der Waals surface area contributed by atoms with Gasteiger partial charge in [0.2, 0.25) is 5.91 Å². The molecule has 0 aromatic heterocycles. The second-order valence-electron chi connectivity index (χ2n) is 5.75. The minimum absolute atomic E-state index is 0.0305. The van der Waals surface area contributed by atoms with Gasteiger partial charge in [-0.05, 0) is 29.4 Å². The Balaban J connectivity index is 1.97. The number of carbonyl (C=O) groups excluding carboxylic acids is 1. The van der Waals surface area contributed by atoms with E-state index < -0.39 is 0 Å². The number of hydrogen-bond acceptors (Lipinski definition) is 2. The Morgan fingerprint density at radius 1 is 1.37 bits per heavy atom. The summed E-state index contributed by atoms with van der Waals surface area (Å²) in [5.41, 5.74) is 2.60.